The number of thioether (sulfide) groups is 1. The molecule has 0 aliphatic rings. The molecule has 0 saturated carbocycles. The number of benzene rings is 1. The molecule has 5 nitrogen and oxygen atoms in total. The molecule has 1 N–H and O–H groups in total. The van der Waals surface area contributed by atoms with E-state index in [9.17, 15) is 14.7 Å². The first kappa shape index (κ1) is 19.8. The number of hydrogen-bond acceptors (Lipinski definition) is 5. The van der Waals surface area contributed by atoms with Gasteiger partial charge in [-0.2, -0.15) is 0 Å². The molecule has 1 rings (SSSR count). The Kier molecular flexibility index (Phi) is 7.10. The Labute approximate surface area is 147 Å². The Hall–Kier alpha value is -2.21. The largest absolute Gasteiger partial charge is 0.477 e. The van der Waals surface area contributed by atoms with Crippen molar-refractivity contribution in [3.8, 4) is 0 Å². The van der Waals surface area contributed by atoms with Crippen LogP contribution in [0.5, 0.6) is 0 Å². The average Bonchev–Trinajstić information content (AvgIpc) is 2.44. The lowest BCUT2D eigenvalue weighted by atomic mass is 10.2. The topological polar surface area (TPSA) is 66.8 Å². The van der Waals surface area contributed by atoms with Crippen LogP contribution in [0.2, 0.25) is 0 Å². The predicted octanol–water partition coefficient (Wildman–Crippen LogP) is 3.53. The quantitative estimate of drug-likeness (QED) is 0.367. The van der Waals surface area contributed by atoms with E-state index in [0.29, 0.717) is 0 Å². The van der Waals surface area contributed by atoms with E-state index in [-0.39, 0.29) is 10.6 Å². The Morgan fingerprint density at radius 1 is 1.12 bits per heavy atom. The van der Waals surface area contributed by atoms with Crippen LogP contribution in [0.1, 0.15) is 20.8 Å². The molecule has 0 radical (unpaired) electrons. The summed E-state index contributed by atoms with van der Waals surface area (Å²) in [6.45, 7) is 5.34. The molecule has 0 fully saturated rings. The van der Waals surface area contributed by atoms with E-state index in [0.717, 1.165) is 16.7 Å². The molecular weight excluding hydrogens is 326 g/mol. The molecule has 0 aromatic heterocycles. The van der Waals surface area contributed by atoms with Crippen molar-refractivity contribution in [1.29, 1.82) is 0 Å². The van der Waals surface area contributed by atoms with E-state index in [1.54, 1.807) is 39.8 Å². The molecule has 24 heavy (non-hydrogen) atoms. The molecule has 0 unspecified atom stereocenters. The lowest BCUT2D eigenvalue weighted by molar-refractivity contribution is -0.151. The van der Waals surface area contributed by atoms with E-state index in [1.807, 2.05) is 30.3 Å². The summed E-state index contributed by atoms with van der Waals surface area (Å²) in [5.74, 6) is -1.56. The van der Waals surface area contributed by atoms with E-state index in [2.05, 4.69) is 0 Å². The number of carbonyl (C=O) groups is 2. The second-order valence-corrected chi connectivity index (χ2v) is 7.31. The predicted molar refractivity (Wildman–Crippen MR) is 95.6 cm³/mol. The zero-order valence-electron chi connectivity index (χ0n) is 14.6. The highest BCUT2D eigenvalue weighted by Crippen LogP contribution is 2.26. The van der Waals surface area contributed by atoms with Gasteiger partial charge in [-0.3, -0.25) is 0 Å². The van der Waals surface area contributed by atoms with Gasteiger partial charge in [0, 0.05) is 19.0 Å². The van der Waals surface area contributed by atoms with Crippen molar-refractivity contribution in [2.24, 2.45) is 0 Å². The molecule has 1 aromatic rings. The fraction of sp³-hybridized carbons (Fsp3) is 0.333. The molecule has 0 heterocycles. The number of aliphatic carboxylic acids is 1. The number of esters is 1. The first-order chi connectivity index (χ1) is 11.1. The van der Waals surface area contributed by atoms with E-state index < -0.39 is 17.5 Å². The standard InChI is InChI=1S/C18H23NO4S/c1-18(2,3)23-17(22)14(19(4)5)11-12-15(16(20)21)24-13-9-7-6-8-10-13/h6-12H,1-5H3,(H,20,21)/b14-11-,15-12-. The normalized spacial score (nSPS) is 12.7. The molecule has 6 heteroatoms. The third-order valence-electron chi connectivity index (χ3n) is 2.66. The molecule has 1 aromatic carbocycles. The highest BCUT2D eigenvalue weighted by atomic mass is 32.2. The van der Waals surface area contributed by atoms with Gasteiger partial charge in [-0.15, -0.1) is 0 Å². The fourth-order valence-corrected chi connectivity index (χ4v) is 2.42. The van der Waals surface area contributed by atoms with Crippen LogP contribution in [0.25, 0.3) is 0 Å². The van der Waals surface area contributed by atoms with E-state index in [1.165, 1.54) is 12.2 Å². The molecular formula is C18H23NO4S. The molecule has 0 saturated heterocycles. The van der Waals surface area contributed by atoms with Gasteiger partial charge in [0.15, 0.2) is 0 Å². The highest BCUT2D eigenvalue weighted by Gasteiger charge is 2.21. The minimum absolute atomic E-state index is 0.115. The fourth-order valence-electron chi connectivity index (χ4n) is 1.65. The van der Waals surface area contributed by atoms with Gasteiger partial charge in [0.2, 0.25) is 0 Å². The number of carboxylic acid groups (broad SMARTS) is 1. The monoisotopic (exact) mass is 349 g/mol. The minimum Gasteiger partial charge on any atom is -0.477 e. The maximum Gasteiger partial charge on any atom is 0.355 e. The van der Waals surface area contributed by atoms with E-state index >= 15 is 0 Å². The van der Waals surface area contributed by atoms with Crippen LogP contribution >= 0.6 is 11.8 Å². The van der Waals surface area contributed by atoms with Crippen LogP contribution < -0.4 is 0 Å². The Morgan fingerprint density at radius 2 is 1.71 bits per heavy atom. The van der Waals surface area contributed by atoms with Gasteiger partial charge in [0.05, 0.1) is 4.91 Å². The lowest BCUT2D eigenvalue weighted by Gasteiger charge is -2.23. The highest BCUT2D eigenvalue weighted by molar-refractivity contribution is 8.04. The molecule has 130 valence electrons. The number of allylic oxidation sites excluding steroid dienone is 2. The van der Waals surface area contributed by atoms with Crippen LogP contribution in [-0.2, 0) is 14.3 Å². The Bertz CT molecular complexity index is 643. The third kappa shape index (κ3) is 6.91. The average molecular weight is 349 g/mol. The van der Waals surface area contributed by atoms with Crippen LogP contribution in [0, 0.1) is 0 Å². The number of nitrogens with zero attached hydrogens (tertiary/aromatic N) is 1. The van der Waals surface area contributed by atoms with Crippen LogP contribution in [0.4, 0.5) is 0 Å². The second kappa shape index (κ2) is 8.59. The summed E-state index contributed by atoms with van der Waals surface area (Å²) >= 11 is 1.12. The van der Waals surface area contributed by atoms with Gasteiger partial charge in [-0.05, 0) is 45.1 Å². The Morgan fingerprint density at radius 3 is 2.17 bits per heavy atom. The second-order valence-electron chi connectivity index (χ2n) is 6.20. The summed E-state index contributed by atoms with van der Waals surface area (Å²) in [6, 6.07) is 9.19. The number of rotatable bonds is 6. The summed E-state index contributed by atoms with van der Waals surface area (Å²) in [5, 5.41) is 9.36. The van der Waals surface area contributed by atoms with Gasteiger partial charge >= 0.3 is 11.9 Å². The summed E-state index contributed by atoms with van der Waals surface area (Å²) < 4.78 is 5.34. The van der Waals surface area contributed by atoms with Crippen molar-refractivity contribution in [2.45, 2.75) is 31.3 Å². The van der Waals surface area contributed by atoms with Gasteiger partial charge in [-0.25, -0.2) is 9.59 Å². The summed E-state index contributed by atoms with van der Waals surface area (Å²) in [6.07, 6.45) is 2.88. The zero-order chi connectivity index (χ0) is 18.3. The van der Waals surface area contributed by atoms with Crippen molar-refractivity contribution in [2.75, 3.05) is 14.1 Å². The number of ether oxygens (including phenoxy) is 1. The number of carbonyl (C=O) groups excluding carboxylic acids is 1. The van der Waals surface area contributed by atoms with Crippen LogP contribution in [0.3, 0.4) is 0 Å². The molecule has 0 atom stereocenters. The van der Waals surface area contributed by atoms with Crippen LogP contribution in [0.15, 0.2) is 58.0 Å². The molecule has 0 aliphatic carbocycles. The zero-order valence-corrected chi connectivity index (χ0v) is 15.4. The van der Waals surface area contributed by atoms with Crippen molar-refractivity contribution in [3.05, 3.63) is 53.1 Å². The van der Waals surface area contributed by atoms with Crippen molar-refractivity contribution in [3.63, 3.8) is 0 Å². The molecule has 0 bridgehead atoms. The molecule has 0 aliphatic heterocycles. The van der Waals surface area contributed by atoms with E-state index in [4.69, 9.17) is 4.74 Å². The third-order valence-corrected chi connectivity index (χ3v) is 3.70. The summed E-state index contributed by atoms with van der Waals surface area (Å²) in [5.41, 5.74) is -0.345. The lowest BCUT2D eigenvalue weighted by Crippen LogP contribution is -2.29. The minimum atomic E-state index is -1.05. The van der Waals surface area contributed by atoms with Crippen molar-refractivity contribution in [1.82, 2.24) is 4.90 Å². The van der Waals surface area contributed by atoms with Crippen molar-refractivity contribution < 1.29 is 19.4 Å². The molecule has 0 amide bonds. The van der Waals surface area contributed by atoms with Gasteiger partial charge in [0.1, 0.15) is 11.3 Å². The van der Waals surface area contributed by atoms with Gasteiger partial charge < -0.3 is 14.7 Å². The Balaban J connectivity index is 3.07. The first-order valence-electron chi connectivity index (χ1n) is 7.39. The van der Waals surface area contributed by atoms with Crippen LogP contribution in [-0.4, -0.2) is 41.6 Å². The maximum absolute atomic E-state index is 12.2. The first-order valence-corrected chi connectivity index (χ1v) is 8.20. The van der Waals surface area contributed by atoms with Crippen molar-refractivity contribution >= 4 is 23.7 Å². The smallest absolute Gasteiger partial charge is 0.355 e. The molecule has 0 spiro atoms. The van der Waals surface area contributed by atoms with Gasteiger partial charge in [0.25, 0.3) is 0 Å². The maximum atomic E-state index is 12.2. The summed E-state index contributed by atoms with van der Waals surface area (Å²) in [4.78, 5) is 26.2. The van der Waals surface area contributed by atoms with Gasteiger partial charge in [-0.1, -0.05) is 30.0 Å². The number of hydrogen-bond donors (Lipinski definition) is 1. The SMILES string of the molecule is CN(C)/C(=C\C=C(/Sc1ccccc1)C(=O)O)C(=O)OC(C)(C)C. The summed E-state index contributed by atoms with van der Waals surface area (Å²) in [7, 11) is 3.41. The number of likely N-dealkylation sites (N-methyl/N-ethyl adjacent to an activating group) is 1. The number of carboxylic acids is 1.